The molecule has 2 heteroatoms. The summed E-state index contributed by atoms with van der Waals surface area (Å²) in [4.78, 5) is 1.15. The van der Waals surface area contributed by atoms with Gasteiger partial charge in [-0.05, 0) is 86.2 Å². The van der Waals surface area contributed by atoms with Crippen LogP contribution < -0.4 is 4.90 Å². The van der Waals surface area contributed by atoms with Crippen molar-refractivity contribution in [2.75, 3.05) is 4.90 Å². The molecule has 0 saturated heterocycles. The van der Waals surface area contributed by atoms with Crippen molar-refractivity contribution < 1.29 is 27.7 Å². The lowest BCUT2D eigenvalue weighted by Crippen LogP contribution is -2.11. The number of fused-ring (bicyclic) bond motifs is 5. The van der Waals surface area contributed by atoms with E-state index in [2.05, 4.69) is 0 Å². The normalized spacial score (nSPS) is 15.3. The average molecular weight is 783 g/mol. The van der Waals surface area contributed by atoms with Gasteiger partial charge in [-0.3, -0.25) is 0 Å². The Kier molecular flexibility index (Phi) is 5.46. The van der Waals surface area contributed by atoms with Crippen LogP contribution in [0.2, 0.25) is 0 Å². The summed E-state index contributed by atoms with van der Waals surface area (Å²) in [5.74, 6) is 0. The molecule has 282 valence electrons. The van der Waals surface area contributed by atoms with Gasteiger partial charge < -0.3 is 9.32 Å². The highest BCUT2D eigenvalue weighted by Gasteiger charge is 2.21. The van der Waals surface area contributed by atoms with Gasteiger partial charge in [0.1, 0.15) is 11.2 Å². The van der Waals surface area contributed by atoms with Crippen LogP contribution in [-0.2, 0) is 0 Å². The summed E-state index contributed by atoms with van der Waals surface area (Å²) in [6, 6.07) is 27.5. The Morgan fingerprint density at radius 3 is 1.48 bits per heavy atom. The first-order chi connectivity index (χ1) is 36.8. The minimum absolute atomic E-state index is 0.0406. The molecule has 0 aliphatic heterocycles. The molecular formula is C58H39NO. The molecule has 0 bridgehead atoms. The van der Waals surface area contributed by atoms with Crippen LogP contribution in [0, 0.1) is 0 Å². The SMILES string of the molecule is [2H]c1c([2H])c([2H])c(-c2c([2H])c([2H])c(-c3c([2H])c([2H])c(N(c4ccccc4-c4cccc5c4oc4c6ccccc6ccc54)c4c([2H])c([2H])c(-c5ccc(-c6ccccc6)cc5)c([2H])c4[2H])c([2H])c3[2H])c([2H])c2[2H])c([2H])c1[2H]. The van der Waals surface area contributed by atoms with Gasteiger partial charge in [-0.25, -0.2) is 0 Å². The summed E-state index contributed by atoms with van der Waals surface area (Å²) in [6.45, 7) is 0. The molecule has 0 atom stereocenters. The number of para-hydroxylation sites is 2. The molecule has 11 rings (SSSR count). The number of hydrogen-bond donors (Lipinski definition) is 0. The standard InChI is InChI=1S/C58H39NO/c1-3-12-40(13-4-1)42-22-26-44(27-23-42)46-30-35-49(36-31-46)59(50-37-32-47(33-38-50)45-28-24-43(25-29-45)41-14-5-2-6-15-41)56-21-10-9-18-52(56)53-19-11-20-54-55-39-34-48-16-7-8-17-51(48)57(55)60-58(53)54/h1-39H/i1D,3D,4D,12D,13D,22D,23D,26D,27D,30D,31D,32D,33D,35D,36D,37D,38D. The highest BCUT2D eigenvalue weighted by Crippen LogP contribution is 2.45. The Hall–Kier alpha value is -7.94. The smallest absolute Gasteiger partial charge is 0.143 e. The summed E-state index contributed by atoms with van der Waals surface area (Å²) >= 11 is 0. The van der Waals surface area contributed by atoms with Gasteiger partial charge in [0.25, 0.3) is 0 Å². The number of anilines is 3. The number of nitrogens with zero attached hydrogens (tertiary/aromatic N) is 1. The summed E-state index contributed by atoms with van der Waals surface area (Å²) in [7, 11) is 0. The lowest BCUT2D eigenvalue weighted by atomic mass is 9.97. The second kappa shape index (κ2) is 15.1. The quantitative estimate of drug-likeness (QED) is 0.153. The van der Waals surface area contributed by atoms with Gasteiger partial charge in [0, 0.05) is 38.7 Å². The zero-order chi connectivity index (χ0) is 54.6. The van der Waals surface area contributed by atoms with Crippen LogP contribution in [0.3, 0.4) is 0 Å². The van der Waals surface area contributed by atoms with Crippen LogP contribution in [0.15, 0.2) is 241 Å². The Balaban J connectivity index is 1.17. The van der Waals surface area contributed by atoms with Gasteiger partial charge in [-0.15, -0.1) is 0 Å². The summed E-state index contributed by atoms with van der Waals surface area (Å²) in [5.41, 5.74) is 0.500. The van der Waals surface area contributed by atoms with E-state index in [0.29, 0.717) is 27.9 Å². The van der Waals surface area contributed by atoms with Gasteiger partial charge in [0.05, 0.1) is 29.0 Å². The maximum absolute atomic E-state index is 9.78. The first-order valence-corrected chi connectivity index (χ1v) is 19.1. The fourth-order valence-electron chi connectivity index (χ4n) is 7.49. The molecule has 0 aliphatic carbocycles. The second-order valence-electron chi connectivity index (χ2n) is 13.9. The fourth-order valence-corrected chi connectivity index (χ4v) is 7.49. The van der Waals surface area contributed by atoms with E-state index < -0.39 is 136 Å². The Morgan fingerprint density at radius 2 is 0.800 bits per heavy atom. The fraction of sp³-hybridized carbons (Fsp3) is 0. The monoisotopic (exact) mass is 782 g/mol. The van der Waals surface area contributed by atoms with Gasteiger partial charge in [-0.2, -0.15) is 0 Å². The van der Waals surface area contributed by atoms with Crippen LogP contribution >= 0.6 is 0 Å². The van der Waals surface area contributed by atoms with Crippen molar-refractivity contribution in [1.29, 1.82) is 0 Å². The Labute approximate surface area is 373 Å². The van der Waals surface area contributed by atoms with Crippen molar-refractivity contribution in [3.63, 3.8) is 0 Å². The average Bonchev–Trinajstić information content (AvgIpc) is 3.85. The molecule has 1 aromatic heterocycles. The molecule has 0 fully saturated rings. The molecule has 1 heterocycles. The zero-order valence-electron chi connectivity index (χ0n) is 48.6. The maximum atomic E-state index is 9.78. The van der Waals surface area contributed by atoms with E-state index in [1.165, 1.54) is 0 Å². The predicted molar refractivity (Wildman–Crippen MR) is 253 cm³/mol. The summed E-state index contributed by atoms with van der Waals surface area (Å²) in [6.07, 6.45) is 0. The third kappa shape index (κ3) is 6.41. The second-order valence-corrected chi connectivity index (χ2v) is 13.9. The van der Waals surface area contributed by atoms with Crippen molar-refractivity contribution in [2.45, 2.75) is 0 Å². The van der Waals surface area contributed by atoms with E-state index >= 15 is 0 Å². The van der Waals surface area contributed by atoms with E-state index in [0.717, 1.165) is 37.6 Å². The molecule has 0 amide bonds. The Morgan fingerprint density at radius 1 is 0.317 bits per heavy atom. The molecule has 0 spiro atoms. The molecule has 60 heavy (non-hydrogen) atoms. The summed E-state index contributed by atoms with van der Waals surface area (Å²) < 4.78 is 162. The molecule has 0 unspecified atom stereocenters. The number of rotatable bonds is 8. The minimum Gasteiger partial charge on any atom is -0.455 e. The van der Waals surface area contributed by atoms with Crippen LogP contribution in [0.4, 0.5) is 17.1 Å². The van der Waals surface area contributed by atoms with Crippen molar-refractivity contribution >= 4 is 49.8 Å². The van der Waals surface area contributed by atoms with Crippen LogP contribution in [0.5, 0.6) is 0 Å². The van der Waals surface area contributed by atoms with Gasteiger partial charge >= 0.3 is 0 Å². The third-order valence-electron chi connectivity index (χ3n) is 10.4. The van der Waals surface area contributed by atoms with E-state index in [9.17, 15) is 13.7 Å². The van der Waals surface area contributed by atoms with Crippen molar-refractivity contribution in [2.24, 2.45) is 0 Å². The van der Waals surface area contributed by atoms with Crippen molar-refractivity contribution in [3.8, 4) is 55.6 Å². The molecule has 0 aliphatic rings. The largest absolute Gasteiger partial charge is 0.455 e. The minimum atomic E-state index is -0.887. The van der Waals surface area contributed by atoms with E-state index in [1.54, 1.807) is 42.5 Å². The zero-order valence-corrected chi connectivity index (χ0v) is 31.6. The molecule has 11 aromatic rings. The van der Waals surface area contributed by atoms with Gasteiger partial charge in [-0.1, -0.05) is 200 Å². The molecule has 2 nitrogen and oxygen atoms in total. The lowest BCUT2D eigenvalue weighted by molar-refractivity contribution is 0.674. The van der Waals surface area contributed by atoms with E-state index in [-0.39, 0.29) is 11.3 Å². The van der Waals surface area contributed by atoms with E-state index in [4.69, 9.17) is 14.0 Å². The maximum Gasteiger partial charge on any atom is 0.143 e. The third-order valence-corrected chi connectivity index (χ3v) is 10.4. The molecule has 0 radical (unpaired) electrons. The number of furan rings is 1. The first-order valence-electron chi connectivity index (χ1n) is 27.6. The Bertz CT molecular complexity index is 4190. The number of hydrogen-bond acceptors (Lipinski definition) is 2. The van der Waals surface area contributed by atoms with Crippen molar-refractivity contribution in [3.05, 3.63) is 236 Å². The first kappa shape index (κ1) is 21.7. The van der Waals surface area contributed by atoms with Crippen LogP contribution in [0.1, 0.15) is 23.3 Å². The molecular weight excluding hydrogens is 727 g/mol. The van der Waals surface area contributed by atoms with Gasteiger partial charge in [0.2, 0.25) is 0 Å². The van der Waals surface area contributed by atoms with Gasteiger partial charge in [0.15, 0.2) is 0 Å². The van der Waals surface area contributed by atoms with Crippen LogP contribution in [-0.4, -0.2) is 0 Å². The summed E-state index contributed by atoms with van der Waals surface area (Å²) in [5, 5.41) is 3.35. The number of benzene rings is 10. The van der Waals surface area contributed by atoms with E-state index in [1.807, 2.05) is 91.0 Å². The predicted octanol–water partition coefficient (Wildman–Crippen LogP) is 16.5. The molecule has 10 aromatic carbocycles. The molecule has 0 N–H and O–H groups in total. The topological polar surface area (TPSA) is 16.4 Å². The van der Waals surface area contributed by atoms with Crippen molar-refractivity contribution in [1.82, 2.24) is 0 Å². The highest BCUT2D eigenvalue weighted by molar-refractivity contribution is 6.17. The lowest BCUT2D eigenvalue weighted by Gasteiger charge is -2.28. The molecule has 0 saturated carbocycles. The highest BCUT2D eigenvalue weighted by atomic mass is 16.3. The van der Waals surface area contributed by atoms with Crippen LogP contribution in [0.25, 0.3) is 88.3 Å².